The van der Waals surface area contributed by atoms with E-state index in [9.17, 15) is 46.4 Å². The van der Waals surface area contributed by atoms with Crippen LogP contribution in [0.2, 0.25) is 0 Å². The van der Waals surface area contributed by atoms with Crippen molar-refractivity contribution in [1.29, 1.82) is 0 Å². The first-order valence-electron chi connectivity index (χ1n) is 19.0. The molecule has 0 aliphatic carbocycles. The largest absolute Gasteiger partial charge is 0.398 e. The van der Waals surface area contributed by atoms with E-state index in [1.807, 2.05) is 6.07 Å². The van der Waals surface area contributed by atoms with E-state index in [4.69, 9.17) is 5.73 Å². The van der Waals surface area contributed by atoms with Crippen molar-refractivity contribution in [2.45, 2.75) is 9.79 Å². The van der Waals surface area contributed by atoms with Crippen LogP contribution >= 0.6 is 0 Å². The molecule has 0 amide bonds. The molecule has 0 saturated heterocycles. The molecule has 0 atom stereocenters. The minimum Gasteiger partial charge on any atom is -0.398 e. The lowest BCUT2D eigenvalue weighted by Crippen LogP contribution is -2.31. The van der Waals surface area contributed by atoms with Crippen LogP contribution in [0.5, 0.6) is 0 Å². The number of hydrogen-bond acceptors (Lipinski definition) is 19. The van der Waals surface area contributed by atoms with Gasteiger partial charge in [0.1, 0.15) is 9.79 Å². The quantitative estimate of drug-likeness (QED) is 0.0302. The van der Waals surface area contributed by atoms with Crippen molar-refractivity contribution in [3.05, 3.63) is 102 Å². The summed E-state index contributed by atoms with van der Waals surface area (Å²) < 4.78 is 72.5. The van der Waals surface area contributed by atoms with Crippen molar-refractivity contribution in [3.63, 3.8) is 0 Å². The van der Waals surface area contributed by atoms with Gasteiger partial charge in [0.15, 0.2) is 11.6 Å². The fourth-order valence-electron chi connectivity index (χ4n) is 6.17. The number of anilines is 7. The van der Waals surface area contributed by atoms with Gasteiger partial charge in [0.25, 0.3) is 20.2 Å². The third-order valence-electron chi connectivity index (χ3n) is 9.04. The maximum Gasteiger partial charge on any atom is 0.295 e. The lowest BCUT2D eigenvalue weighted by molar-refractivity contribution is 0.279. The number of benzene rings is 4. The van der Waals surface area contributed by atoms with Crippen LogP contribution < -0.4 is 26.2 Å². The van der Waals surface area contributed by atoms with Crippen molar-refractivity contribution in [2.75, 3.05) is 78.8 Å². The van der Waals surface area contributed by atoms with Gasteiger partial charge >= 0.3 is 0 Å². The highest BCUT2D eigenvalue weighted by molar-refractivity contribution is 7.86. The number of nitrogens with one attached hydrogen (secondary N) is 2. The summed E-state index contributed by atoms with van der Waals surface area (Å²) in [5, 5.41) is 44.8. The highest BCUT2D eigenvalue weighted by Crippen LogP contribution is 2.33. The van der Waals surface area contributed by atoms with E-state index in [-0.39, 0.29) is 116 Å². The van der Waals surface area contributed by atoms with Gasteiger partial charge in [-0.25, -0.2) is 0 Å². The van der Waals surface area contributed by atoms with E-state index < -0.39 is 30.0 Å². The normalized spacial score (nSPS) is 11.8. The zero-order valence-electron chi connectivity index (χ0n) is 33.3. The van der Waals surface area contributed by atoms with Crippen LogP contribution in [0.4, 0.5) is 40.9 Å². The average Bonchev–Trinajstić information content (AvgIpc) is 3.25. The van der Waals surface area contributed by atoms with Crippen molar-refractivity contribution < 1.29 is 46.4 Å². The summed E-state index contributed by atoms with van der Waals surface area (Å²) in [5.41, 5.74) is 7.16. The van der Waals surface area contributed by atoms with E-state index >= 15 is 0 Å². The molecule has 0 aliphatic heterocycles. The molecule has 0 fully saturated rings. The Morgan fingerprint density at radius 2 is 0.984 bits per heavy atom. The summed E-state index contributed by atoms with van der Waals surface area (Å²) in [5.74, 6) is -0.0312. The molecule has 0 radical (unpaired) electrons. The number of aromatic nitrogens is 6. The molecular formula is C40H43N11O10S2. The van der Waals surface area contributed by atoms with Gasteiger partial charge < -0.3 is 46.6 Å². The molecule has 2 heterocycles. The summed E-state index contributed by atoms with van der Waals surface area (Å²) in [6, 6.07) is 23.9. The van der Waals surface area contributed by atoms with Crippen molar-refractivity contribution in [3.8, 4) is 22.8 Å². The first kappa shape index (κ1) is 45.8. The van der Waals surface area contributed by atoms with Gasteiger partial charge in [-0.3, -0.25) is 9.11 Å². The molecule has 0 spiro atoms. The molecular weight excluding hydrogens is 859 g/mol. The predicted octanol–water partition coefficient (Wildman–Crippen LogP) is 2.71. The third kappa shape index (κ3) is 11.8. The number of aliphatic hydroxyl groups is 4. The fourth-order valence-corrected chi connectivity index (χ4v) is 7.62. The van der Waals surface area contributed by atoms with Gasteiger partial charge in [-0.05, 0) is 48.0 Å². The molecule has 0 unspecified atom stereocenters. The third-order valence-corrected chi connectivity index (χ3v) is 10.8. The second kappa shape index (κ2) is 20.4. The first-order valence-corrected chi connectivity index (χ1v) is 21.9. The topological polar surface area (TPSA) is 324 Å². The van der Waals surface area contributed by atoms with Crippen molar-refractivity contribution in [1.82, 2.24) is 29.9 Å². The number of nitrogen functional groups attached to an aromatic ring is 1. The Hall–Kier alpha value is -6.70. The van der Waals surface area contributed by atoms with Gasteiger partial charge in [0, 0.05) is 59.9 Å². The van der Waals surface area contributed by atoms with E-state index in [0.717, 1.165) is 18.2 Å². The molecule has 63 heavy (non-hydrogen) atoms. The monoisotopic (exact) mass is 901 g/mol. The first-order chi connectivity index (χ1) is 30.2. The molecule has 0 saturated carbocycles. The Balaban J connectivity index is 1.43. The van der Waals surface area contributed by atoms with Gasteiger partial charge in [-0.2, -0.15) is 46.7 Å². The molecule has 6 aromatic rings. The van der Waals surface area contributed by atoms with Crippen LogP contribution in [0.25, 0.3) is 34.9 Å². The molecule has 10 N–H and O–H groups in total. The highest BCUT2D eigenvalue weighted by atomic mass is 32.2. The zero-order valence-corrected chi connectivity index (χ0v) is 34.9. The molecule has 0 bridgehead atoms. The minimum absolute atomic E-state index is 0.0161. The smallest absolute Gasteiger partial charge is 0.295 e. The van der Waals surface area contributed by atoms with Gasteiger partial charge in [0.05, 0.1) is 26.4 Å². The van der Waals surface area contributed by atoms with Crippen LogP contribution in [-0.2, 0) is 20.2 Å². The molecule has 23 heteroatoms. The molecule has 2 aromatic heterocycles. The Labute approximate surface area is 361 Å². The maximum atomic E-state index is 12.9. The highest BCUT2D eigenvalue weighted by Gasteiger charge is 2.23. The van der Waals surface area contributed by atoms with Crippen LogP contribution in [0.15, 0.2) is 101 Å². The maximum absolute atomic E-state index is 12.9. The second-order valence-electron chi connectivity index (χ2n) is 13.4. The lowest BCUT2D eigenvalue weighted by atomic mass is 10.1. The number of nitrogens with zero attached hydrogens (tertiary/aromatic N) is 8. The fraction of sp³-hybridized carbons (Fsp3) is 0.200. The van der Waals surface area contributed by atoms with Gasteiger partial charge in [0.2, 0.25) is 23.8 Å². The summed E-state index contributed by atoms with van der Waals surface area (Å²) >= 11 is 0. The Bertz CT molecular complexity index is 2780. The van der Waals surface area contributed by atoms with E-state index in [0.29, 0.717) is 11.4 Å². The van der Waals surface area contributed by atoms with E-state index in [2.05, 4.69) is 40.5 Å². The predicted molar refractivity (Wildman–Crippen MR) is 236 cm³/mol. The standard InChI is InChI=1S/C40H43N11O10S2/c41-32-23-28(36-45-38(43-30-9-5-2-6-10-30)49-40(47-36)51(17-21-54)18-22-55)25-34(63(59,60)61)31(32)14-13-26-11-12-27(24-33(26)62(56,57)58)35-44-37(42-29-7-3-1-4-8-29)48-39(46-35)50(15-19-52)16-20-53/h1-14,23-25,52-55H,15-22,41H2,(H,56,57,58)(H,59,60,61)(H,42,44,46,48)(H,43,45,47,49). The van der Waals surface area contributed by atoms with E-state index in [1.165, 1.54) is 34.1 Å². The van der Waals surface area contributed by atoms with Crippen molar-refractivity contribution >= 4 is 73.2 Å². The summed E-state index contributed by atoms with van der Waals surface area (Å²) in [4.78, 5) is 28.3. The van der Waals surface area contributed by atoms with Crippen molar-refractivity contribution in [2.24, 2.45) is 0 Å². The number of nitrogens with two attached hydrogens (primary N) is 1. The number of rotatable bonds is 20. The average molecular weight is 902 g/mol. The van der Waals surface area contributed by atoms with Crippen LogP contribution in [0.3, 0.4) is 0 Å². The minimum atomic E-state index is -5.05. The number of para-hydroxylation sites is 2. The van der Waals surface area contributed by atoms with Crippen LogP contribution in [0.1, 0.15) is 11.1 Å². The zero-order chi connectivity index (χ0) is 45.1. The molecule has 6 rings (SSSR count). The van der Waals surface area contributed by atoms with E-state index in [1.54, 1.807) is 54.6 Å². The lowest BCUT2D eigenvalue weighted by Gasteiger charge is -2.21. The Morgan fingerprint density at radius 1 is 0.540 bits per heavy atom. The molecule has 21 nitrogen and oxygen atoms in total. The molecule has 0 aliphatic rings. The Kier molecular flexibility index (Phi) is 14.9. The number of aliphatic hydroxyl groups excluding tert-OH is 4. The second-order valence-corrected chi connectivity index (χ2v) is 16.2. The molecule has 330 valence electrons. The summed E-state index contributed by atoms with van der Waals surface area (Å²) in [6.45, 7) is -1.09. The SMILES string of the molecule is Nc1cc(-c2nc(Nc3ccccc3)nc(N(CCO)CCO)n2)cc(S(=O)(=O)O)c1C=Cc1ccc(-c2nc(Nc3ccccc3)nc(N(CCO)CCO)n2)cc1S(=O)(=O)O. The summed E-state index contributed by atoms with van der Waals surface area (Å²) in [6.07, 6.45) is 2.31. The van der Waals surface area contributed by atoms with Crippen LogP contribution in [0, 0.1) is 0 Å². The van der Waals surface area contributed by atoms with Crippen LogP contribution in [-0.4, -0.2) is 129 Å². The summed E-state index contributed by atoms with van der Waals surface area (Å²) in [7, 11) is -10.0. The Morgan fingerprint density at radius 3 is 1.43 bits per heavy atom. The van der Waals surface area contributed by atoms with Gasteiger partial charge in [-0.15, -0.1) is 0 Å². The molecule has 4 aromatic carbocycles. The number of hydrogen-bond donors (Lipinski definition) is 9. The van der Waals surface area contributed by atoms with Gasteiger partial charge in [-0.1, -0.05) is 60.7 Å².